The summed E-state index contributed by atoms with van der Waals surface area (Å²) in [6, 6.07) is 9.66. The Morgan fingerprint density at radius 1 is 1.16 bits per heavy atom. The van der Waals surface area contributed by atoms with Crippen LogP contribution < -0.4 is 10.1 Å². The summed E-state index contributed by atoms with van der Waals surface area (Å²) in [5.41, 5.74) is 3.12. The number of rotatable bonds is 4. The van der Waals surface area contributed by atoms with E-state index in [-0.39, 0.29) is 0 Å². The Hall–Kier alpha value is -1.58. The van der Waals surface area contributed by atoms with Gasteiger partial charge < -0.3 is 10.1 Å². The number of ether oxygens (including phenoxy) is 1. The van der Waals surface area contributed by atoms with Gasteiger partial charge in [0, 0.05) is 12.6 Å². The van der Waals surface area contributed by atoms with Crippen molar-refractivity contribution in [3.8, 4) is 11.6 Å². The second-order valence-electron chi connectivity index (χ2n) is 4.53. The van der Waals surface area contributed by atoms with Crippen LogP contribution in [-0.4, -0.2) is 12.0 Å². The van der Waals surface area contributed by atoms with Gasteiger partial charge in [-0.05, 0) is 50.2 Å². The van der Waals surface area contributed by atoms with Crippen LogP contribution in [0.25, 0.3) is 0 Å². The van der Waals surface area contributed by atoms with Crippen molar-refractivity contribution in [2.24, 2.45) is 0 Å². The van der Waals surface area contributed by atoms with Crippen molar-refractivity contribution in [1.29, 1.82) is 0 Å². The maximum absolute atomic E-state index is 6.07. The zero-order chi connectivity index (χ0) is 13.8. The molecule has 0 bridgehead atoms. The minimum absolute atomic E-state index is 0.555. The molecule has 1 aromatic heterocycles. The van der Waals surface area contributed by atoms with E-state index in [2.05, 4.69) is 16.4 Å². The van der Waals surface area contributed by atoms with Gasteiger partial charge in [-0.2, -0.15) is 0 Å². The van der Waals surface area contributed by atoms with Gasteiger partial charge in [0.25, 0.3) is 0 Å². The molecule has 1 aromatic carbocycles. The van der Waals surface area contributed by atoms with Gasteiger partial charge in [0.1, 0.15) is 5.75 Å². The average molecular weight is 277 g/mol. The number of halogens is 1. The van der Waals surface area contributed by atoms with Gasteiger partial charge in [0.05, 0.1) is 10.7 Å². The molecule has 1 heterocycles. The van der Waals surface area contributed by atoms with Gasteiger partial charge >= 0.3 is 0 Å². The zero-order valence-corrected chi connectivity index (χ0v) is 12.1. The van der Waals surface area contributed by atoms with Gasteiger partial charge in [-0.3, -0.25) is 0 Å². The quantitative estimate of drug-likeness (QED) is 0.921. The number of nitrogens with zero attached hydrogens (tertiary/aromatic N) is 1. The van der Waals surface area contributed by atoms with E-state index in [0.717, 1.165) is 11.4 Å². The van der Waals surface area contributed by atoms with Crippen molar-refractivity contribution in [2.75, 3.05) is 7.05 Å². The zero-order valence-electron chi connectivity index (χ0n) is 11.3. The van der Waals surface area contributed by atoms with Gasteiger partial charge in [-0.1, -0.05) is 17.7 Å². The topological polar surface area (TPSA) is 34.2 Å². The summed E-state index contributed by atoms with van der Waals surface area (Å²) in [5, 5.41) is 3.67. The van der Waals surface area contributed by atoms with E-state index in [0.29, 0.717) is 17.4 Å². The van der Waals surface area contributed by atoms with Crippen LogP contribution in [0.4, 0.5) is 0 Å². The molecule has 0 amide bonds. The van der Waals surface area contributed by atoms with Gasteiger partial charge in [0.2, 0.25) is 5.88 Å². The van der Waals surface area contributed by atoms with E-state index >= 15 is 0 Å². The fourth-order valence-corrected chi connectivity index (χ4v) is 2.10. The Labute approximate surface area is 118 Å². The van der Waals surface area contributed by atoms with Gasteiger partial charge in [-0.15, -0.1) is 0 Å². The molecule has 0 aliphatic heterocycles. The lowest BCUT2D eigenvalue weighted by molar-refractivity contribution is 0.459. The monoisotopic (exact) mass is 276 g/mol. The molecular formula is C15H17ClN2O. The lowest BCUT2D eigenvalue weighted by atomic mass is 10.1. The average Bonchev–Trinajstić information content (AvgIpc) is 2.32. The minimum Gasteiger partial charge on any atom is -0.439 e. The van der Waals surface area contributed by atoms with E-state index in [4.69, 9.17) is 16.3 Å². The summed E-state index contributed by atoms with van der Waals surface area (Å²) < 4.78 is 5.78. The first-order valence-electron chi connectivity index (χ1n) is 6.14. The van der Waals surface area contributed by atoms with Gasteiger partial charge in [0.15, 0.2) is 0 Å². The Morgan fingerprint density at radius 2 is 1.84 bits per heavy atom. The van der Waals surface area contributed by atoms with Crippen LogP contribution in [0, 0.1) is 13.8 Å². The molecule has 0 fully saturated rings. The number of aromatic nitrogens is 1. The second kappa shape index (κ2) is 6.04. The molecule has 100 valence electrons. The summed E-state index contributed by atoms with van der Waals surface area (Å²) in [5.74, 6) is 1.35. The molecular weight excluding hydrogens is 260 g/mol. The molecule has 0 saturated heterocycles. The molecule has 0 unspecified atom stereocenters. The lowest BCUT2D eigenvalue weighted by Crippen LogP contribution is -2.07. The van der Waals surface area contributed by atoms with E-state index < -0.39 is 0 Å². The predicted molar refractivity (Wildman–Crippen MR) is 78.0 cm³/mol. The smallest absolute Gasteiger partial charge is 0.219 e. The van der Waals surface area contributed by atoms with Crippen molar-refractivity contribution >= 4 is 11.6 Å². The Balaban J connectivity index is 2.25. The molecule has 0 aliphatic carbocycles. The first-order valence-corrected chi connectivity index (χ1v) is 6.52. The highest BCUT2D eigenvalue weighted by atomic mass is 35.5. The molecule has 2 aromatic rings. The van der Waals surface area contributed by atoms with Crippen LogP contribution in [0.15, 0.2) is 30.3 Å². The number of pyridine rings is 1. The van der Waals surface area contributed by atoms with Crippen molar-refractivity contribution in [3.05, 3.63) is 52.2 Å². The fraction of sp³-hybridized carbons (Fsp3) is 0.267. The van der Waals surface area contributed by atoms with Crippen LogP contribution in [0.3, 0.4) is 0 Å². The molecule has 3 nitrogen and oxygen atoms in total. The predicted octanol–water partition coefficient (Wildman–Crippen LogP) is 3.86. The number of hydrogen-bond donors (Lipinski definition) is 1. The molecule has 0 saturated carbocycles. The number of benzene rings is 1. The molecule has 0 spiro atoms. The summed E-state index contributed by atoms with van der Waals surface area (Å²) >= 11 is 6.07. The summed E-state index contributed by atoms with van der Waals surface area (Å²) in [7, 11) is 1.86. The molecule has 4 heteroatoms. The van der Waals surface area contributed by atoms with Crippen LogP contribution in [0.2, 0.25) is 5.02 Å². The maximum atomic E-state index is 6.07. The van der Waals surface area contributed by atoms with E-state index in [9.17, 15) is 0 Å². The number of aryl methyl sites for hydroxylation is 2. The highest BCUT2D eigenvalue weighted by molar-refractivity contribution is 6.31. The lowest BCUT2D eigenvalue weighted by Gasteiger charge is -2.09. The Morgan fingerprint density at radius 3 is 2.47 bits per heavy atom. The van der Waals surface area contributed by atoms with Crippen molar-refractivity contribution < 1.29 is 4.74 Å². The van der Waals surface area contributed by atoms with Crippen molar-refractivity contribution in [2.45, 2.75) is 20.4 Å². The Bertz CT molecular complexity index is 564. The van der Waals surface area contributed by atoms with E-state index in [1.807, 2.05) is 33.0 Å². The fourth-order valence-electron chi connectivity index (χ4n) is 1.93. The third-order valence-electron chi connectivity index (χ3n) is 2.65. The Kier molecular flexibility index (Phi) is 4.40. The van der Waals surface area contributed by atoms with E-state index in [1.165, 1.54) is 11.1 Å². The third-order valence-corrected chi connectivity index (χ3v) is 3.00. The highest BCUT2D eigenvalue weighted by Crippen LogP contribution is 2.24. The molecule has 1 N–H and O–H groups in total. The highest BCUT2D eigenvalue weighted by Gasteiger charge is 2.05. The molecule has 2 rings (SSSR count). The number of hydrogen-bond acceptors (Lipinski definition) is 3. The molecule has 19 heavy (non-hydrogen) atoms. The first-order chi connectivity index (χ1) is 9.08. The molecule has 0 radical (unpaired) electrons. The van der Waals surface area contributed by atoms with Crippen molar-refractivity contribution in [3.63, 3.8) is 0 Å². The first kappa shape index (κ1) is 13.8. The van der Waals surface area contributed by atoms with Crippen molar-refractivity contribution in [1.82, 2.24) is 10.3 Å². The normalized spacial score (nSPS) is 10.5. The maximum Gasteiger partial charge on any atom is 0.219 e. The van der Waals surface area contributed by atoms with E-state index in [1.54, 1.807) is 12.1 Å². The summed E-state index contributed by atoms with van der Waals surface area (Å²) in [4.78, 5) is 4.40. The van der Waals surface area contributed by atoms with Crippen LogP contribution in [0.5, 0.6) is 11.6 Å². The van der Waals surface area contributed by atoms with Crippen LogP contribution >= 0.6 is 11.6 Å². The largest absolute Gasteiger partial charge is 0.439 e. The molecule has 0 aliphatic rings. The SMILES string of the molecule is CNCc1nc(Oc2cc(C)cc(C)c2)ccc1Cl. The second-order valence-corrected chi connectivity index (χ2v) is 4.94. The standard InChI is InChI=1S/C15H17ClN2O/c1-10-6-11(2)8-12(7-10)19-15-5-4-13(16)14(18-15)9-17-3/h4-8,17H,9H2,1-3H3. The third kappa shape index (κ3) is 3.69. The molecule has 0 atom stereocenters. The summed E-state index contributed by atoms with van der Waals surface area (Å²) in [6.07, 6.45) is 0. The minimum atomic E-state index is 0.555. The van der Waals surface area contributed by atoms with Crippen LogP contribution in [0.1, 0.15) is 16.8 Å². The van der Waals surface area contributed by atoms with Crippen LogP contribution in [-0.2, 0) is 6.54 Å². The number of nitrogens with one attached hydrogen (secondary N) is 1. The van der Waals surface area contributed by atoms with Gasteiger partial charge in [-0.25, -0.2) is 4.98 Å². The summed E-state index contributed by atoms with van der Waals surface area (Å²) in [6.45, 7) is 4.70.